The molecule has 9 heteroatoms. The van der Waals surface area contributed by atoms with Gasteiger partial charge in [-0.15, -0.1) is 0 Å². The van der Waals surface area contributed by atoms with Gasteiger partial charge in [-0.05, 0) is 55.6 Å². The second-order valence-corrected chi connectivity index (χ2v) is 10.4. The lowest BCUT2D eigenvalue weighted by atomic mass is 10.1. The minimum Gasteiger partial charge on any atom is -0.369 e. The highest BCUT2D eigenvalue weighted by Crippen LogP contribution is 2.34. The second-order valence-electron chi connectivity index (χ2n) is 9.57. The number of nitrogens with one attached hydrogen (secondary N) is 1. The number of aromatic nitrogens is 3. The van der Waals surface area contributed by atoms with E-state index in [9.17, 15) is 4.79 Å². The maximum atomic E-state index is 13.7. The van der Waals surface area contributed by atoms with Crippen LogP contribution >= 0.6 is 23.2 Å². The summed E-state index contributed by atoms with van der Waals surface area (Å²) in [6, 6.07) is 23.2. The van der Waals surface area contributed by atoms with E-state index in [4.69, 9.17) is 28.2 Å². The highest BCUT2D eigenvalue weighted by atomic mass is 35.5. The van der Waals surface area contributed by atoms with Gasteiger partial charge in [0.1, 0.15) is 0 Å². The smallest absolute Gasteiger partial charge is 0.229 e. The first kappa shape index (κ1) is 25.4. The van der Waals surface area contributed by atoms with E-state index in [2.05, 4.69) is 39.3 Å². The molecule has 1 aliphatic heterocycles. The Labute approximate surface area is 236 Å². The molecule has 0 unspecified atom stereocenters. The predicted molar refractivity (Wildman–Crippen MR) is 160 cm³/mol. The maximum absolute atomic E-state index is 13.7. The van der Waals surface area contributed by atoms with Crippen LogP contribution in [0.2, 0.25) is 10.0 Å². The van der Waals surface area contributed by atoms with Gasteiger partial charge < -0.3 is 19.7 Å². The summed E-state index contributed by atoms with van der Waals surface area (Å²) in [4.78, 5) is 27.6. The summed E-state index contributed by atoms with van der Waals surface area (Å²) in [5.74, 6) is 0.391. The van der Waals surface area contributed by atoms with Crippen molar-refractivity contribution in [2.75, 3.05) is 43.4 Å². The lowest BCUT2D eigenvalue weighted by Crippen LogP contribution is -2.44. The molecule has 5 aromatic rings. The summed E-state index contributed by atoms with van der Waals surface area (Å²) >= 11 is 13.0. The Morgan fingerprint density at radius 2 is 1.51 bits per heavy atom. The number of para-hydroxylation sites is 1. The Kier molecular flexibility index (Phi) is 6.95. The number of pyridine rings is 1. The van der Waals surface area contributed by atoms with Gasteiger partial charge in [0, 0.05) is 66.8 Å². The van der Waals surface area contributed by atoms with Crippen molar-refractivity contribution in [3.05, 3.63) is 105 Å². The van der Waals surface area contributed by atoms with Gasteiger partial charge in [0.25, 0.3) is 0 Å². The average molecular weight is 557 g/mol. The van der Waals surface area contributed by atoms with Crippen molar-refractivity contribution >= 4 is 51.6 Å². The van der Waals surface area contributed by atoms with Gasteiger partial charge in [0.15, 0.2) is 5.65 Å². The van der Waals surface area contributed by atoms with Crippen LogP contribution in [0.1, 0.15) is 0 Å². The van der Waals surface area contributed by atoms with E-state index in [0.717, 1.165) is 37.6 Å². The van der Waals surface area contributed by atoms with E-state index >= 15 is 0 Å². The zero-order valence-electron chi connectivity index (χ0n) is 21.3. The third kappa shape index (κ3) is 5.08. The summed E-state index contributed by atoms with van der Waals surface area (Å²) in [6.07, 6.45) is 3.30. The molecule has 7 nitrogen and oxygen atoms in total. The van der Waals surface area contributed by atoms with Crippen LogP contribution in [0.4, 0.5) is 17.3 Å². The fourth-order valence-electron chi connectivity index (χ4n) is 4.84. The third-order valence-electron chi connectivity index (χ3n) is 7.00. The van der Waals surface area contributed by atoms with Crippen molar-refractivity contribution in [2.45, 2.75) is 0 Å². The summed E-state index contributed by atoms with van der Waals surface area (Å²) in [7, 11) is 2.15. The number of nitrogens with zero attached hydrogens (tertiary/aromatic N) is 5. The molecule has 3 heterocycles. The molecule has 0 spiro atoms. The number of halogens is 2. The number of piperazine rings is 1. The molecular weight excluding hydrogens is 531 g/mol. The molecule has 1 N–H and O–H groups in total. The Hall–Kier alpha value is -3.91. The van der Waals surface area contributed by atoms with Crippen molar-refractivity contribution in [2.24, 2.45) is 0 Å². The predicted octanol–water partition coefficient (Wildman–Crippen LogP) is 6.25. The van der Waals surface area contributed by atoms with Crippen LogP contribution in [-0.2, 0) is 0 Å². The van der Waals surface area contributed by atoms with Crippen LogP contribution in [0, 0.1) is 0 Å². The fourth-order valence-corrected chi connectivity index (χ4v) is 5.44. The number of likely N-dealkylation sites (N-methyl/N-ethyl adjacent to an activating group) is 1. The fraction of sp³-hybridized carbons (Fsp3) is 0.167. The van der Waals surface area contributed by atoms with Crippen molar-refractivity contribution in [1.29, 1.82) is 0 Å². The number of hydrogen-bond acceptors (Lipinski definition) is 6. The molecule has 39 heavy (non-hydrogen) atoms. The number of fused-ring (bicyclic) bond motifs is 1. The van der Waals surface area contributed by atoms with Gasteiger partial charge in [-0.2, -0.15) is 4.98 Å². The molecule has 196 valence electrons. The van der Waals surface area contributed by atoms with Gasteiger partial charge in [-0.3, -0.25) is 4.79 Å². The van der Waals surface area contributed by atoms with Crippen LogP contribution in [-0.4, -0.2) is 52.7 Å². The van der Waals surface area contributed by atoms with Crippen molar-refractivity contribution in [3.8, 4) is 16.8 Å². The Balaban J connectivity index is 1.40. The van der Waals surface area contributed by atoms with E-state index in [0.29, 0.717) is 38.2 Å². The maximum Gasteiger partial charge on any atom is 0.229 e. The van der Waals surface area contributed by atoms with Crippen LogP contribution < -0.4 is 15.6 Å². The van der Waals surface area contributed by atoms with Crippen molar-refractivity contribution in [1.82, 2.24) is 19.4 Å². The Morgan fingerprint density at radius 3 is 2.21 bits per heavy atom. The summed E-state index contributed by atoms with van der Waals surface area (Å²) in [5, 5.41) is 4.45. The quantitative estimate of drug-likeness (QED) is 0.276. The van der Waals surface area contributed by atoms with Crippen LogP contribution in [0.25, 0.3) is 27.8 Å². The minimum absolute atomic E-state index is 0.240. The first-order valence-electron chi connectivity index (χ1n) is 12.7. The van der Waals surface area contributed by atoms with Gasteiger partial charge in [-0.1, -0.05) is 47.5 Å². The van der Waals surface area contributed by atoms with E-state index in [1.165, 1.54) is 5.69 Å². The molecule has 0 saturated carbocycles. The van der Waals surface area contributed by atoms with Gasteiger partial charge >= 0.3 is 0 Å². The topological polar surface area (TPSA) is 66.3 Å². The third-order valence-corrected chi connectivity index (χ3v) is 7.63. The first-order valence-corrected chi connectivity index (χ1v) is 13.5. The number of hydrogen-bond donors (Lipinski definition) is 1. The molecule has 0 aliphatic carbocycles. The average Bonchev–Trinajstić information content (AvgIpc) is 2.95. The Bertz CT molecular complexity index is 1680. The van der Waals surface area contributed by atoms with E-state index in [1.54, 1.807) is 30.6 Å². The minimum atomic E-state index is -0.240. The molecular formula is C30H26Cl2N6O. The van der Waals surface area contributed by atoms with Crippen molar-refractivity contribution < 1.29 is 0 Å². The van der Waals surface area contributed by atoms with Crippen LogP contribution in [0.15, 0.2) is 90.0 Å². The summed E-state index contributed by atoms with van der Waals surface area (Å²) < 4.78 is 1.87. The second kappa shape index (κ2) is 10.7. The van der Waals surface area contributed by atoms with Crippen molar-refractivity contribution in [3.63, 3.8) is 0 Å². The number of anilines is 3. The molecule has 2 aromatic heterocycles. The molecule has 3 aromatic carbocycles. The molecule has 0 amide bonds. The monoisotopic (exact) mass is 556 g/mol. The zero-order chi connectivity index (χ0) is 26.9. The zero-order valence-corrected chi connectivity index (χ0v) is 22.8. The normalized spacial score (nSPS) is 14.1. The molecule has 1 fully saturated rings. The molecule has 0 atom stereocenters. The molecule has 0 radical (unpaired) electrons. The van der Waals surface area contributed by atoms with Gasteiger partial charge in [0.05, 0.1) is 15.4 Å². The standard InChI is InChI=1S/C30H26Cl2N6O/c1-36-14-16-37(17-15-36)21-12-10-20(11-13-21)34-30-33-18-23-28(39)24(27-25(31)8-5-9-26(27)32)19-38(29(23)35-30)22-6-3-2-4-7-22/h2-13,18-19H,14-17H2,1H3,(H,33,34,35). The van der Waals surface area contributed by atoms with Gasteiger partial charge in [0.2, 0.25) is 11.4 Å². The SMILES string of the molecule is CN1CCN(c2ccc(Nc3ncc4c(=O)c(-c5c(Cl)cccc5Cl)cn(-c5ccccc5)c4n3)cc2)CC1. The van der Waals surface area contributed by atoms with Crippen LogP contribution in [0.3, 0.4) is 0 Å². The van der Waals surface area contributed by atoms with E-state index < -0.39 is 0 Å². The molecule has 1 aliphatic rings. The highest BCUT2D eigenvalue weighted by molar-refractivity contribution is 6.39. The number of benzene rings is 3. The van der Waals surface area contributed by atoms with Gasteiger partial charge in [-0.25, -0.2) is 4.98 Å². The summed E-state index contributed by atoms with van der Waals surface area (Å²) in [5.41, 5.74) is 4.00. The molecule has 0 bridgehead atoms. The number of rotatable bonds is 5. The highest BCUT2D eigenvalue weighted by Gasteiger charge is 2.19. The summed E-state index contributed by atoms with van der Waals surface area (Å²) in [6.45, 7) is 4.13. The Morgan fingerprint density at radius 1 is 0.821 bits per heavy atom. The largest absolute Gasteiger partial charge is 0.369 e. The molecule has 1 saturated heterocycles. The van der Waals surface area contributed by atoms with E-state index in [-0.39, 0.29) is 5.43 Å². The lowest BCUT2D eigenvalue weighted by Gasteiger charge is -2.34. The first-order chi connectivity index (χ1) is 19.0. The lowest BCUT2D eigenvalue weighted by molar-refractivity contribution is 0.313. The molecule has 6 rings (SSSR count). The van der Waals surface area contributed by atoms with E-state index in [1.807, 2.05) is 47.0 Å². The van der Waals surface area contributed by atoms with Crippen LogP contribution in [0.5, 0.6) is 0 Å².